The van der Waals surface area contributed by atoms with Gasteiger partial charge in [-0.25, -0.2) is 0 Å². The van der Waals surface area contributed by atoms with E-state index in [0.717, 1.165) is 27.6 Å². The maximum Gasteiger partial charge on any atom is 0.309 e. The highest BCUT2D eigenvalue weighted by atomic mass is 32.1. The lowest BCUT2D eigenvalue weighted by Crippen LogP contribution is -2.31. The molecular weight excluding hydrogens is 326 g/mol. The molecule has 2 rings (SSSR count). The van der Waals surface area contributed by atoms with Gasteiger partial charge in [0.2, 0.25) is 0 Å². The van der Waals surface area contributed by atoms with Crippen LogP contribution in [0.3, 0.4) is 0 Å². The van der Waals surface area contributed by atoms with Gasteiger partial charge in [-0.05, 0) is 52.2 Å². The fourth-order valence-electron chi connectivity index (χ4n) is 2.78. The van der Waals surface area contributed by atoms with Crippen molar-refractivity contribution in [1.82, 2.24) is 15.0 Å². The Bertz CT molecular complexity index is 706. The van der Waals surface area contributed by atoms with Crippen molar-refractivity contribution in [2.24, 2.45) is 5.41 Å². The summed E-state index contributed by atoms with van der Waals surface area (Å²) in [5.41, 5.74) is 0.849. The van der Waals surface area contributed by atoms with Crippen molar-refractivity contribution in [3.8, 4) is 0 Å². The lowest BCUT2D eigenvalue weighted by Gasteiger charge is -2.29. The number of thiophene rings is 1. The van der Waals surface area contributed by atoms with Crippen molar-refractivity contribution in [3.05, 3.63) is 33.3 Å². The summed E-state index contributed by atoms with van der Waals surface area (Å²) < 4.78 is 1.77. The van der Waals surface area contributed by atoms with Gasteiger partial charge in [0.25, 0.3) is 0 Å². The van der Waals surface area contributed by atoms with E-state index in [1.54, 1.807) is 29.9 Å². The molecule has 0 spiro atoms. The Morgan fingerprint density at radius 3 is 2.67 bits per heavy atom. The Kier molecular flexibility index (Phi) is 5.77. The molecule has 0 saturated carbocycles. The first-order chi connectivity index (χ1) is 11.3. The third kappa shape index (κ3) is 3.84. The molecule has 2 aromatic heterocycles. The quantitative estimate of drug-likeness (QED) is 0.763. The van der Waals surface area contributed by atoms with Crippen LogP contribution in [-0.2, 0) is 24.4 Å². The predicted molar refractivity (Wildman–Crippen MR) is 93.2 cm³/mol. The van der Waals surface area contributed by atoms with Crippen LogP contribution in [0.2, 0.25) is 0 Å². The van der Waals surface area contributed by atoms with Gasteiger partial charge in [-0.2, -0.15) is 0 Å². The van der Waals surface area contributed by atoms with Crippen molar-refractivity contribution in [2.75, 3.05) is 0 Å². The molecule has 0 aliphatic rings. The van der Waals surface area contributed by atoms with Gasteiger partial charge in [-0.15, -0.1) is 16.4 Å². The molecule has 0 radical (unpaired) electrons. The van der Waals surface area contributed by atoms with E-state index < -0.39 is 11.4 Å². The first-order valence-electron chi connectivity index (χ1n) is 8.12. The number of aliphatic carboxylic acids is 1. The molecule has 6 nitrogen and oxygen atoms in total. The number of rotatable bonds is 8. The van der Waals surface area contributed by atoms with Gasteiger partial charge < -0.3 is 10.2 Å². The first kappa shape index (κ1) is 18.6. The van der Waals surface area contributed by atoms with E-state index in [1.807, 2.05) is 26.1 Å². The highest BCUT2D eigenvalue weighted by molar-refractivity contribution is 7.12. The number of aromatic nitrogens is 3. The molecule has 2 aromatic rings. The van der Waals surface area contributed by atoms with Crippen LogP contribution in [-0.4, -0.2) is 31.2 Å². The zero-order valence-electron chi connectivity index (χ0n) is 14.6. The minimum absolute atomic E-state index is 0.0205. The molecule has 0 aliphatic heterocycles. The van der Waals surface area contributed by atoms with Crippen molar-refractivity contribution < 1.29 is 15.0 Å². The average molecular weight is 351 g/mol. The Hall–Kier alpha value is -1.73. The topological polar surface area (TPSA) is 88.2 Å². The zero-order valence-corrected chi connectivity index (χ0v) is 15.4. The van der Waals surface area contributed by atoms with E-state index in [1.165, 1.54) is 0 Å². The lowest BCUT2D eigenvalue weighted by molar-refractivity contribution is -0.148. The zero-order chi connectivity index (χ0) is 17.9. The molecule has 1 unspecified atom stereocenters. The smallest absolute Gasteiger partial charge is 0.309 e. The van der Waals surface area contributed by atoms with Gasteiger partial charge in [0.15, 0.2) is 0 Å². The second-order valence-electron chi connectivity index (χ2n) is 6.57. The molecule has 132 valence electrons. The van der Waals surface area contributed by atoms with Gasteiger partial charge in [-0.1, -0.05) is 5.21 Å². The third-order valence-corrected chi connectivity index (χ3v) is 5.78. The van der Waals surface area contributed by atoms with Crippen molar-refractivity contribution in [3.63, 3.8) is 0 Å². The summed E-state index contributed by atoms with van der Waals surface area (Å²) in [7, 11) is 0. The van der Waals surface area contributed by atoms with E-state index in [-0.39, 0.29) is 12.5 Å². The number of aliphatic hydroxyl groups is 1. The molecule has 0 saturated heterocycles. The number of hydrogen-bond donors (Lipinski definition) is 2. The molecule has 1 atom stereocenters. The highest BCUT2D eigenvalue weighted by Gasteiger charge is 2.38. The van der Waals surface area contributed by atoms with Crippen LogP contribution < -0.4 is 0 Å². The Morgan fingerprint density at radius 1 is 1.46 bits per heavy atom. The third-order valence-electron chi connectivity index (χ3n) is 4.58. The van der Waals surface area contributed by atoms with Crippen LogP contribution in [0.5, 0.6) is 0 Å². The molecule has 24 heavy (non-hydrogen) atoms. The van der Waals surface area contributed by atoms with Crippen molar-refractivity contribution in [1.29, 1.82) is 0 Å². The van der Waals surface area contributed by atoms with Crippen molar-refractivity contribution in [2.45, 2.75) is 59.6 Å². The lowest BCUT2D eigenvalue weighted by atomic mass is 9.75. The number of aliphatic hydroxyl groups excluding tert-OH is 1. The molecule has 0 fully saturated rings. The van der Waals surface area contributed by atoms with E-state index >= 15 is 0 Å². The van der Waals surface area contributed by atoms with Crippen LogP contribution in [0.15, 0.2) is 12.3 Å². The number of carboxylic acid groups (broad SMARTS) is 1. The molecule has 0 amide bonds. The van der Waals surface area contributed by atoms with E-state index in [4.69, 9.17) is 0 Å². The summed E-state index contributed by atoms with van der Waals surface area (Å²) in [6.45, 7) is 8.22. The minimum Gasteiger partial charge on any atom is -0.481 e. The number of carbonyl (C=O) groups is 1. The van der Waals surface area contributed by atoms with Gasteiger partial charge in [0.1, 0.15) is 0 Å². The van der Waals surface area contributed by atoms with Crippen molar-refractivity contribution >= 4 is 17.3 Å². The Labute approximate surface area is 146 Å². The highest BCUT2D eigenvalue weighted by Crippen LogP contribution is 2.43. The van der Waals surface area contributed by atoms with Crippen LogP contribution >= 0.6 is 11.3 Å². The summed E-state index contributed by atoms with van der Waals surface area (Å²) in [6, 6.07) is 1.94. The second kappa shape index (κ2) is 7.44. The number of carboxylic acids is 1. The standard InChI is InChI=1S/C17H25N3O3S/c1-5-20-9-13(18-19-20)6-7-14(17(3,4)16(22)23)15-8-12(10-21)11(2)24-15/h8-9,14,21H,5-7,10H2,1-4H3,(H,22,23). The summed E-state index contributed by atoms with van der Waals surface area (Å²) in [5, 5.41) is 27.3. The van der Waals surface area contributed by atoms with Gasteiger partial charge >= 0.3 is 5.97 Å². The fourth-order valence-corrected chi connectivity index (χ4v) is 4.15. The summed E-state index contributed by atoms with van der Waals surface area (Å²) in [4.78, 5) is 13.8. The molecule has 0 bridgehead atoms. The number of nitrogens with zero attached hydrogens (tertiary/aromatic N) is 3. The molecule has 7 heteroatoms. The van der Waals surface area contributed by atoms with Crippen LogP contribution in [0.4, 0.5) is 0 Å². The van der Waals surface area contributed by atoms with Gasteiger partial charge in [0, 0.05) is 28.4 Å². The summed E-state index contributed by atoms with van der Waals surface area (Å²) >= 11 is 1.57. The molecule has 0 aliphatic carbocycles. The largest absolute Gasteiger partial charge is 0.481 e. The molecular formula is C17H25N3O3S. The predicted octanol–water partition coefficient (Wildman–Crippen LogP) is 2.99. The molecule has 2 heterocycles. The van der Waals surface area contributed by atoms with Crippen LogP contribution in [0.25, 0.3) is 0 Å². The summed E-state index contributed by atoms with van der Waals surface area (Å²) in [6.07, 6.45) is 3.25. The maximum absolute atomic E-state index is 11.8. The molecule has 2 N–H and O–H groups in total. The second-order valence-corrected chi connectivity index (χ2v) is 7.86. The van der Waals surface area contributed by atoms with E-state index in [2.05, 4.69) is 10.3 Å². The monoisotopic (exact) mass is 351 g/mol. The van der Waals surface area contributed by atoms with E-state index in [0.29, 0.717) is 12.8 Å². The number of aryl methyl sites for hydroxylation is 3. The summed E-state index contributed by atoms with van der Waals surface area (Å²) in [5.74, 6) is -0.966. The number of hydrogen-bond acceptors (Lipinski definition) is 5. The maximum atomic E-state index is 11.8. The molecule has 0 aromatic carbocycles. The first-order valence-corrected chi connectivity index (χ1v) is 8.93. The fraction of sp³-hybridized carbons (Fsp3) is 0.588. The Balaban J connectivity index is 2.27. The Morgan fingerprint density at radius 2 is 2.17 bits per heavy atom. The minimum atomic E-state index is -0.898. The van der Waals surface area contributed by atoms with Gasteiger partial charge in [-0.3, -0.25) is 9.48 Å². The SMILES string of the molecule is CCn1cc(CCC(c2cc(CO)c(C)s2)C(C)(C)C(=O)O)nn1. The van der Waals surface area contributed by atoms with E-state index in [9.17, 15) is 15.0 Å². The van der Waals surface area contributed by atoms with Crippen LogP contribution in [0, 0.1) is 12.3 Å². The normalized spacial score (nSPS) is 13.2. The van der Waals surface area contributed by atoms with Gasteiger partial charge in [0.05, 0.1) is 17.7 Å². The van der Waals surface area contributed by atoms with Crippen LogP contribution in [0.1, 0.15) is 54.1 Å². The average Bonchev–Trinajstić information content (AvgIpc) is 3.13.